The Kier molecular flexibility index (Phi) is 3.03. The molecule has 0 radical (unpaired) electrons. The number of hydrogen-bond donors (Lipinski definition) is 0. The van der Waals surface area contributed by atoms with E-state index >= 15 is 0 Å². The SMILES string of the molecule is CC(C)n1cc[n+](Cc2cccc3cccnc23)c1. The van der Waals surface area contributed by atoms with Crippen LogP contribution in [-0.4, -0.2) is 9.55 Å². The second kappa shape index (κ2) is 4.84. The van der Waals surface area contributed by atoms with Gasteiger partial charge in [-0.05, 0) is 19.9 Å². The Bertz CT molecular complexity index is 693. The fourth-order valence-electron chi connectivity index (χ4n) is 2.30. The Morgan fingerprint density at radius 2 is 2.05 bits per heavy atom. The zero-order valence-electron chi connectivity index (χ0n) is 11.3. The monoisotopic (exact) mass is 252 g/mol. The van der Waals surface area contributed by atoms with E-state index in [1.54, 1.807) is 0 Å². The van der Waals surface area contributed by atoms with Crippen molar-refractivity contribution >= 4 is 10.9 Å². The number of para-hydroxylation sites is 1. The highest BCUT2D eigenvalue weighted by Crippen LogP contribution is 2.15. The molecule has 0 spiro atoms. The number of rotatable bonds is 3. The number of hydrogen-bond acceptors (Lipinski definition) is 1. The lowest BCUT2D eigenvalue weighted by Gasteiger charge is -2.03. The molecule has 2 heterocycles. The molecular weight excluding hydrogens is 234 g/mol. The molecule has 2 aromatic heterocycles. The van der Waals surface area contributed by atoms with Crippen LogP contribution in [0, 0.1) is 0 Å². The number of imidazole rings is 1. The molecule has 0 atom stereocenters. The highest BCUT2D eigenvalue weighted by atomic mass is 15.1. The van der Waals surface area contributed by atoms with E-state index in [1.165, 1.54) is 10.9 Å². The second-order valence-corrected chi connectivity index (χ2v) is 5.12. The molecule has 0 unspecified atom stereocenters. The highest BCUT2D eigenvalue weighted by molar-refractivity contribution is 5.81. The summed E-state index contributed by atoms with van der Waals surface area (Å²) in [4.78, 5) is 4.50. The average molecular weight is 252 g/mol. The van der Waals surface area contributed by atoms with Gasteiger partial charge in [-0.2, -0.15) is 0 Å². The third-order valence-corrected chi connectivity index (χ3v) is 3.38. The summed E-state index contributed by atoms with van der Waals surface area (Å²) in [5.74, 6) is 0. The van der Waals surface area contributed by atoms with Gasteiger partial charge in [0.05, 0.1) is 11.6 Å². The van der Waals surface area contributed by atoms with Crippen LogP contribution in [0.15, 0.2) is 55.2 Å². The normalized spacial score (nSPS) is 11.3. The van der Waals surface area contributed by atoms with Gasteiger partial charge in [0.2, 0.25) is 6.33 Å². The van der Waals surface area contributed by atoms with Gasteiger partial charge in [0.15, 0.2) is 0 Å². The zero-order chi connectivity index (χ0) is 13.2. The molecule has 0 amide bonds. The molecule has 3 heteroatoms. The number of pyridine rings is 1. The largest absolute Gasteiger partial charge is 0.256 e. The molecule has 3 rings (SSSR count). The Hall–Kier alpha value is -2.16. The van der Waals surface area contributed by atoms with E-state index in [0.29, 0.717) is 6.04 Å². The molecule has 0 fully saturated rings. The van der Waals surface area contributed by atoms with Gasteiger partial charge in [-0.25, -0.2) is 9.13 Å². The van der Waals surface area contributed by atoms with Gasteiger partial charge < -0.3 is 0 Å². The molecular formula is C16H18N3+. The first-order valence-corrected chi connectivity index (χ1v) is 6.63. The van der Waals surface area contributed by atoms with Gasteiger partial charge in [-0.3, -0.25) is 4.98 Å². The van der Waals surface area contributed by atoms with Crippen molar-refractivity contribution in [3.8, 4) is 0 Å². The first-order chi connectivity index (χ1) is 9.24. The van der Waals surface area contributed by atoms with Crippen LogP contribution in [0.5, 0.6) is 0 Å². The van der Waals surface area contributed by atoms with Crippen molar-refractivity contribution in [1.82, 2.24) is 9.55 Å². The van der Waals surface area contributed by atoms with Crippen molar-refractivity contribution < 1.29 is 4.57 Å². The predicted molar refractivity (Wildman–Crippen MR) is 75.9 cm³/mol. The average Bonchev–Trinajstić information content (AvgIpc) is 2.88. The third kappa shape index (κ3) is 2.36. The summed E-state index contributed by atoms with van der Waals surface area (Å²) >= 11 is 0. The van der Waals surface area contributed by atoms with Crippen molar-refractivity contribution in [3.05, 3.63) is 60.8 Å². The lowest BCUT2D eigenvalue weighted by molar-refractivity contribution is -0.687. The molecule has 1 aromatic carbocycles. The maximum Gasteiger partial charge on any atom is 0.244 e. The molecule has 0 N–H and O–H groups in total. The van der Waals surface area contributed by atoms with Crippen LogP contribution >= 0.6 is 0 Å². The summed E-state index contributed by atoms with van der Waals surface area (Å²) < 4.78 is 4.40. The van der Waals surface area contributed by atoms with E-state index in [1.807, 2.05) is 12.3 Å². The van der Waals surface area contributed by atoms with Gasteiger partial charge in [0.25, 0.3) is 0 Å². The van der Waals surface area contributed by atoms with Gasteiger partial charge in [-0.15, -0.1) is 0 Å². The maximum absolute atomic E-state index is 4.50. The minimum Gasteiger partial charge on any atom is -0.256 e. The molecule has 96 valence electrons. The minimum absolute atomic E-state index is 0.492. The Morgan fingerprint density at radius 1 is 1.21 bits per heavy atom. The summed E-state index contributed by atoms with van der Waals surface area (Å²) in [6.07, 6.45) is 8.23. The molecule has 0 aliphatic heterocycles. The maximum atomic E-state index is 4.50. The minimum atomic E-state index is 0.492. The van der Waals surface area contributed by atoms with Crippen molar-refractivity contribution in [2.24, 2.45) is 0 Å². The first kappa shape index (κ1) is 11.9. The summed E-state index contributed by atoms with van der Waals surface area (Å²) in [6, 6.07) is 10.9. The first-order valence-electron chi connectivity index (χ1n) is 6.63. The summed E-state index contributed by atoms with van der Waals surface area (Å²) in [5.41, 5.74) is 2.35. The van der Waals surface area contributed by atoms with Crippen molar-refractivity contribution in [3.63, 3.8) is 0 Å². The van der Waals surface area contributed by atoms with E-state index in [0.717, 1.165) is 12.1 Å². The smallest absolute Gasteiger partial charge is 0.244 e. The standard InChI is InChI=1S/C16H18N3/c1-13(2)19-10-9-18(12-19)11-15-6-3-5-14-7-4-8-17-16(14)15/h3-10,12-13H,11H2,1-2H3/q+1. The number of fused-ring (bicyclic) bond motifs is 1. The summed E-state index contributed by atoms with van der Waals surface area (Å²) in [5, 5.41) is 1.20. The van der Waals surface area contributed by atoms with Crippen LogP contribution < -0.4 is 4.57 Å². The van der Waals surface area contributed by atoms with E-state index in [4.69, 9.17) is 0 Å². The van der Waals surface area contributed by atoms with Gasteiger partial charge in [0, 0.05) is 17.1 Å². The quantitative estimate of drug-likeness (QED) is 0.657. The lowest BCUT2D eigenvalue weighted by Crippen LogP contribution is -2.31. The van der Waals surface area contributed by atoms with Gasteiger partial charge in [-0.1, -0.05) is 24.3 Å². The van der Waals surface area contributed by atoms with Crippen LogP contribution in [-0.2, 0) is 6.54 Å². The van der Waals surface area contributed by atoms with E-state index in [-0.39, 0.29) is 0 Å². The predicted octanol–water partition coefficient (Wildman–Crippen LogP) is 2.95. The molecule has 0 aliphatic rings. The van der Waals surface area contributed by atoms with Crippen molar-refractivity contribution in [2.75, 3.05) is 0 Å². The van der Waals surface area contributed by atoms with E-state index < -0.39 is 0 Å². The summed E-state index contributed by atoms with van der Waals surface area (Å²) in [7, 11) is 0. The Morgan fingerprint density at radius 3 is 2.84 bits per heavy atom. The zero-order valence-corrected chi connectivity index (χ0v) is 11.3. The van der Waals surface area contributed by atoms with E-state index in [9.17, 15) is 0 Å². The molecule has 0 saturated heterocycles. The third-order valence-electron chi connectivity index (χ3n) is 3.38. The van der Waals surface area contributed by atoms with Gasteiger partial charge >= 0.3 is 0 Å². The molecule has 0 aliphatic carbocycles. The van der Waals surface area contributed by atoms with Crippen LogP contribution in [0.1, 0.15) is 25.5 Å². The van der Waals surface area contributed by atoms with Crippen LogP contribution in [0.25, 0.3) is 10.9 Å². The highest BCUT2D eigenvalue weighted by Gasteiger charge is 2.09. The van der Waals surface area contributed by atoms with Gasteiger partial charge in [0.1, 0.15) is 18.9 Å². The van der Waals surface area contributed by atoms with Crippen LogP contribution in [0.2, 0.25) is 0 Å². The topological polar surface area (TPSA) is 21.7 Å². The summed E-state index contributed by atoms with van der Waals surface area (Å²) in [6.45, 7) is 5.22. The molecule has 19 heavy (non-hydrogen) atoms. The number of nitrogens with zero attached hydrogens (tertiary/aromatic N) is 3. The van der Waals surface area contributed by atoms with Crippen LogP contribution in [0.4, 0.5) is 0 Å². The molecule has 0 bridgehead atoms. The second-order valence-electron chi connectivity index (χ2n) is 5.12. The number of aromatic nitrogens is 3. The lowest BCUT2D eigenvalue weighted by atomic mass is 10.1. The molecule has 3 aromatic rings. The Labute approximate surface area is 113 Å². The molecule has 0 saturated carbocycles. The van der Waals surface area contributed by atoms with E-state index in [2.05, 4.69) is 71.0 Å². The van der Waals surface area contributed by atoms with Crippen molar-refractivity contribution in [2.45, 2.75) is 26.4 Å². The molecule has 3 nitrogen and oxygen atoms in total. The fourth-order valence-corrected chi connectivity index (χ4v) is 2.30. The Balaban J connectivity index is 1.96. The van der Waals surface area contributed by atoms with Crippen molar-refractivity contribution in [1.29, 1.82) is 0 Å². The number of benzene rings is 1. The fraction of sp³-hybridized carbons (Fsp3) is 0.250. The van der Waals surface area contributed by atoms with Crippen LogP contribution in [0.3, 0.4) is 0 Å².